The van der Waals surface area contributed by atoms with Gasteiger partial charge in [0.05, 0.1) is 5.51 Å². The molecule has 1 saturated heterocycles. The predicted molar refractivity (Wildman–Crippen MR) is 114 cm³/mol. The van der Waals surface area contributed by atoms with Crippen molar-refractivity contribution in [1.82, 2.24) is 20.3 Å². The monoisotopic (exact) mass is 414 g/mol. The Bertz CT molecular complexity index is 762. The molecule has 1 aliphatic heterocycles. The Hall–Kier alpha value is -1.80. The summed E-state index contributed by atoms with van der Waals surface area (Å²) in [6.07, 6.45) is 4.27. The number of carbonyl (C=O) groups is 1. The number of carbonyl (C=O) groups excluding carboxylic acids is 1. The van der Waals surface area contributed by atoms with Crippen molar-refractivity contribution in [3.63, 3.8) is 0 Å². The number of benzene rings is 1. The largest absolute Gasteiger partial charge is 0.351 e. The van der Waals surface area contributed by atoms with Gasteiger partial charge in [-0.05, 0) is 56.8 Å². The van der Waals surface area contributed by atoms with E-state index < -0.39 is 0 Å². The SMILES string of the molecule is O=C(NCCCN1CCC(CN(O)C2CC2c2ccccc2)CC1)c1cscn1. The van der Waals surface area contributed by atoms with Crippen molar-refractivity contribution in [1.29, 1.82) is 0 Å². The molecular weight excluding hydrogens is 384 g/mol. The Morgan fingerprint density at radius 3 is 2.79 bits per heavy atom. The molecule has 0 radical (unpaired) electrons. The maximum Gasteiger partial charge on any atom is 0.270 e. The molecule has 6 nitrogen and oxygen atoms in total. The number of hydrogen-bond donors (Lipinski definition) is 2. The summed E-state index contributed by atoms with van der Waals surface area (Å²) in [5.41, 5.74) is 3.53. The van der Waals surface area contributed by atoms with Crippen LogP contribution < -0.4 is 5.32 Å². The summed E-state index contributed by atoms with van der Waals surface area (Å²) in [7, 11) is 0. The summed E-state index contributed by atoms with van der Waals surface area (Å²) in [4.78, 5) is 18.4. The maximum absolute atomic E-state index is 11.9. The Morgan fingerprint density at radius 2 is 2.07 bits per heavy atom. The highest BCUT2D eigenvalue weighted by Crippen LogP contribution is 2.44. The van der Waals surface area contributed by atoms with E-state index in [0.29, 0.717) is 24.1 Å². The van der Waals surface area contributed by atoms with E-state index in [1.54, 1.807) is 16.0 Å². The number of hydrogen-bond acceptors (Lipinski definition) is 6. The minimum Gasteiger partial charge on any atom is -0.351 e. The smallest absolute Gasteiger partial charge is 0.270 e. The van der Waals surface area contributed by atoms with Gasteiger partial charge in [0, 0.05) is 30.4 Å². The minimum absolute atomic E-state index is 0.0816. The average molecular weight is 415 g/mol. The van der Waals surface area contributed by atoms with Gasteiger partial charge < -0.3 is 15.4 Å². The second-order valence-electron chi connectivity index (χ2n) is 8.21. The van der Waals surface area contributed by atoms with E-state index in [0.717, 1.165) is 51.9 Å². The highest BCUT2D eigenvalue weighted by atomic mass is 32.1. The molecule has 2 atom stereocenters. The van der Waals surface area contributed by atoms with Gasteiger partial charge in [-0.2, -0.15) is 5.06 Å². The van der Waals surface area contributed by atoms with Crippen LogP contribution in [0.4, 0.5) is 0 Å². The summed E-state index contributed by atoms with van der Waals surface area (Å²) in [5, 5.41) is 16.8. The van der Waals surface area contributed by atoms with E-state index in [9.17, 15) is 10.0 Å². The molecule has 1 amide bonds. The van der Waals surface area contributed by atoms with E-state index in [1.165, 1.54) is 16.9 Å². The van der Waals surface area contributed by atoms with Crippen LogP contribution in [-0.2, 0) is 0 Å². The van der Waals surface area contributed by atoms with Crippen molar-refractivity contribution < 1.29 is 10.0 Å². The molecule has 2 fully saturated rings. The predicted octanol–water partition coefficient (Wildman–Crippen LogP) is 3.22. The zero-order valence-corrected chi connectivity index (χ0v) is 17.6. The van der Waals surface area contributed by atoms with Crippen molar-refractivity contribution in [3.05, 3.63) is 52.5 Å². The van der Waals surface area contributed by atoms with Gasteiger partial charge in [-0.15, -0.1) is 11.3 Å². The van der Waals surface area contributed by atoms with E-state index >= 15 is 0 Å². The number of hydroxylamine groups is 2. The third kappa shape index (κ3) is 5.63. The molecule has 1 saturated carbocycles. The van der Waals surface area contributed by atoms with Crippen molar-refractivity contribution in [2.75, 3.05) is 32.7 Å². The van der Waals surface area contributed by atoms with Gasteiger partial charge >= 0.3 is 0 Å². The normalized spacial score (nSPS) is 22.7. The lowest BCUT2D eigenvalue weighted by molar-refractivity contribution is -0.115. The van der Waals surface area contributed by atoms with E-state index in [4.69, 9.17) is 0 Å². The van der Waals surface area contributed by atoms with Gasteiger partial charge in [-0.3, -0.25) is 4.79 Å². The average Bonchev–Trinajstić information content (AvgIpc) is 3.37. The first-order valence-corrected chi connectivity index (χ1v) is 11.5. The number of rotatable bonds is 9. The van der Waals surface area contributed by atoms with Crippen LogP contribution in [0.25, 0.3) is 0 Å². The first kappa shape index (κ1) is 20.5. The second-order valence-corrected chi connectivity index (χ2v) is 8.93. The highest BCUT2D eigenvalue weighted by molar-refractivity contribution is 7.07. The lowest BCUT2D eigenvalue weighted by atomic mass is 9.96. The molecule has 156 valence electrons. The minimum atomic E-state index is -0.0816. The molecule has 2 heterocycles. The van der Waals surface area contributed by atoms with Crippen LogP contribution in [0.5, 0.6) is 0 Å². The number of amides is 1. The third-order valence-electron chi connectivity index (χ3n) is 6.12. The summed E-state index contributed by atoms with van der Waals surface area (Å²) >= 11 is 1.44. The number of nitrogens with one attached hydrogen (secondary N) is 1. The molecule has 7 heteroatoms. The molecule has 0 bridgehead atoms. The lowest BCUT2D eigenvalue weighted by Gasteiger charge is -2.33. The Labute approximate surface area is 176 Å². The van der Waals surface area contributed by atoms with Crippen molar-refractivity contribution in [3.8, 4) is 0 Å². The molecule has 1 aromatic carbocycles. The first-order chi connectivity index (χ1) is 14.2. The molecule has 1 aromatic heterocycles. The molecule has 0 spiro atoms. The quantitative estimate of drug-likeness (QED) is 0.487. The number of likely N-dealkylation sites (tertiary alicyclic amines) is 1. The number of nitrogens with zero attached hydrogens (tertiary/aromatic N) is 3. The van der Waals surface area contributed by atoms with Gasteiger partial charge in [0.25, 0.3) is 5.91 Å². The van der Waals surface area contributed by atoms with Crippen molar-refractivity contribution in [2.45, 2.75) is 37.6 Å². The Morgan fingerprint density at radius 1 is 1.28 bits per heavy atom. The van der Waals surface area contributed by atoms with Gasteiger partial charge in [0.1, 0.15) is 5.69 Å². The number of piperidine rings is 1. The van der Waals surface area contributed by atoms with Gasteiger partial charge in [0.15, 0.2) is 0 Å². The summed E-state index contributed by atoms with van der Waals surface area (Å²) in [6.45, 7) is 4.62. The standard InChI is InChI=1S/C22H30N4O2S/c27-22(20-15-29-16-24-20)23-9-4-10-25-11-7-17(8-12-25)14-26(28)21-13-19(21)18-5-2-1-3-6-18/h1-3,5-6,15-17,19,21,28H,4,7-14H2,(H,23,27). The molecule has 2 unspecified atom stereocenters. The number of aromatic nitrogens is 1. The Kier molecular flexibility index (Phi) is 6.92. The Balaban J connectivity index is 1.09. The zero-order chi connectivity index (χ0) is 20.1. The number of thiazole rings is 1. The molecule has 4 rings (SSSR count). The molecule has 29 heavy (non-hydrogen) atoms. The molecule has 2 N–H and O–H groups in total. The third-order valence-corrected chi connectivity index (χ3v) is 6.71. The van der Waals surface area contributed by atoms with Crippen molar-refractivity contribution in [2.24, 2.45) is 5.92 Å². The fourth-order valence-corrected chi connectivity index (χ4v) is 4.81. The molecule has 1 aliphatic carbocycles. The highest BCUT2D eigenvalue weighted by Gasteiger charge is 2.43. The zero-order valence-electron chi connectivity index (χ0n) is 16.7. The van der Waals surface area contributed by atoms with Crippen LogP contribution >= 0.6 is 11.3 Å². The fourth-order valence-electron chi connectivity index (χ4n) is 4.28. The lowest BCUT2D eigenvalue weighted by Crippen LogP contribution is -2.39. The van der Waals surface area contributed by atoms with Gasteiger partial charge in [0.2, 0.25) is 0 Å². The molecule has 2 aliphatic rings. The van der Waals surface area contributed by atoms with Crippen LogP contribution in [0.3, 0.4) is 0 Å². The van der Waals surface area contributed by atoms with Gasteiger partial charge in [-0.25, -0.2) is 4.98 Å². The van der Waals surface area contributed by atoms with E-state index in [2.05, 4.69) is 39.5 Å². The van der Waals surface area contributed by atoms with Crippen LogP contribution in [0, 0.1) is 5.92 Å². The first-order valence-electron chi connectivity index (χ1n) is 10.6. The molecular formula is C22H30N4O2S. The maximum atomic E-state index is 11.9. The van der Waals surface area contributed by atoms with E-state index in [-0.39, 0.29) is 11.9 Å². The molecule has 2 aromatic rings. The summed E-state index contributed by atoms with van der Waals surface area (Å²) in [6, 6.07) is 10.8. The summed E-state index contributed by atoms with van der Waals surface area (Å²) < 4.78 is 0. The van der Waals surface area contributed by atoms with E-state index in [1.807, 2.05) is 6.07 Å². The van der Waals surface area contributed by atoms with Gasteiger partial charge in [-0.1, -0.05) is 30.3 Å². The second kappa shape index (κ2) is 9.80. The summed E-state index contributed by atoms with van der Waals surface area (Å²) in [5.74, 6) is 0.972. The van der Waals surface area contributed by atoms with Crippen molar-refractivity contribution >= 4 is 17.2 Å². The van der Waals surface area contributed by atoms with Crippen LogP contribution in [0.15, 0.2) is 41.2 Å². The topological polar surface area (TPSA) is 68.7 Å². The van der Waals surface area contributed by atoms with Crippen LogP contribution in [-0.4, -0.2) is 64.8 Å². The van der Waals surface area contributed by atoms with Crippen LogP contribution in [0.1, 0.15) is 47.7 Å². The van der Waals surface area contributed by atoms with Crippen LogP contribution in [0.2, 0.25) is 0 Å². The fraction of sp³-hybridized carbons (Fsp3) is 0.545.